The second-order valence-electron chi connectivity index (χ2n) is 3.73. The summed E-state index contributed by atoms with van der Waals surface area (Å²) in [5.74, 6) is 0.794. The molecule has 0 aliphatic rings. The van der Waals surface area contributed by atoms with Crippen LogP contribution in [0.2, 0.25) is 0 Å². The first-order chi connectivity index (χ1) is 8.69. The van der Waals surface area contributed by atoms with Gasteiger partial charge >= 0.3 is 0 Å². The van der Waals surface area contributed by atoms with E-state index >= 15 is 0 Å². The lowest BCUT2D eigenvalue weighted by atomic mass is 10.2. The predicted molar refractivity (Wildman–Crippen MR) is 78.3 cm³/mol. The maximum atomic E-state index is 5.69. The first-order valence-electron chi connectivity index (χ1n) is 5.41. The number of halogens is 2. The van der Waals surface area contributed by atoms with Crippen molar-refractivity contribution in [2.45, 2.75) is 13.2 Å². The molecule has 94 valence electrons. The summed E-state index contributed by atoms with van der Waals surface area (Å²) < 4.78 is 7.61. The normalized spacial score (nSPS) is 10.4. The van der Waals surface area contributed by atoms with Crippen molar-refractivity contribution >= 4 is 31.9 Å². The monoisotopic (exact) mass is 370 g/mol. The lowest BCUT2D eigenvalue weighted by Gasteiger charge is -2.08. The van der Waals surface area contributed by atoms with Gasteiger partial charge in [0.1, 0.15) is 12.4 Å². The minimum absolute atomic E-state index is 0.436. The van der Waals surface area contributed by atoms with Gasteiger partial charge in [0, 0.05) is 17.2 Å². The molecule has 0 spiro atoms. The fourth-order valence-electron chi connectivity index (χ4n) is 1.41. The van der Waals surface area contributed by atoms with Crippen molar-refractivity contribution in [2.75, 3.05) is 0 Å². The Bertz CT molecular complexity index is 529. The van der Waals surface area contributed by atoms with Crippen LogP contribution in [0.3, 0.4) is 0 Å². The van der Waals surface area contributed by atoms with Crippen molar-refractivity contribution in [3.05, 3.63) is 56.7 Å². The van der Waals surface area contributed by atoms with Gasteiger partial charge in [-0.3, -0.25) is 4.98 Å². The van der Waals surface area contributed by atoms with Crippen molar-refractivity contribution in [2.24, 2.45) is 5.73 Å². The van der Waals surface area contributed by atoms with Crippen molar-refractivity contribution in [1.82, 2.24) is 4.98 Å². The Morgan fingerprint density at radius 2 is 2.00 bits per heavy atom. The van der Waals surface area contributed by atoms with Crippen molar-refractivity contribution in [3.63, 3.8) is 0 Å². The van der Waals surface area contributed by atoms with E-state index in [9.17, 15) is 0 Å². The van der Waals surface area contributed by atoms with E-state index in [0.717, 1.165) is 26.0 Å². The van der Waals surface area contributed by atoms with Crippen LogP contribution >= 0.6 is 31.9 Å². The summed E-state index contributed by atoms with van der Waals surface area (Å²) in [5.41, 5.74) is 7.41. The molecule has 2 rings (SSSR count). The molecular weight excluding hydrogens is 360 g/mol. The Balaban J connectivity index is 2.02. The summed E-state index contributed by atoms with van der Waals surface area (Å²) in [6.07, 6.45) is 1.77. The zero-order valence-corrected chi connectivity index (χ0v) is 12.7. The molecule has 0 aliphatic heterocycles. The molecule has 0 unspecified atom stereocenters. The molecule has 2 N–H and O–H groups in total. The van der Waals surface area contributed by atoms with E-state index in [-0.39, 0.29) is 0 Å². The average molecular weight is 372 g/mol. The molecule has 0 atom stereocenters. The van der Waals surface area contributed by atoms with Gasteiger partial charge in [-0.1, -0.05) is 22.0 Å². The molecule has 0 aliphatic carbocycles. The summed E-state index contributed by atoms with van der Waals surface area (Å²) in [4.78, 5) is 4.28. The third-order valence-corrected chi connectivity index (χ3v) is 3.50. The van der Waals surface area contributed by atoms with Crippen LogP contribution in [0.1, 0.15) is 11.3 Å². The van der Waals surface area contributed by atoms with Crippen molar-refractivity contribution in [3.8, 4) is 5.75 Å². The lowest BCUT2D eigenvalue weighted by molar-refractivity contribution is 0.299. The van der Waals surface area contributed by atoms with Gasteiger partial charge in [-0.15, -0.1) is 0 Å². The smallest absolute Gasteiger partial charge is 0.134 e. The highest BCUT2D eigenvalue weighted by Crippen LogP contribution is 2.28. The predicted octanol–water partition coefficient (Wildman–Crippen LogP) is 3.64. The van der Waals surface area contributed by atoms with E-state index in [2.05, 4.69) is 36.8 Å². The van der Waals surface area contributed by atoms with Gasteiger partial charge < -0.3 is 10.5 Å². The van der Waals surface area contributed by atoms with Crippen molar-refractivity contribution in [1.29, 1.82) is 0 Å². The van der Waals surface area contributed by atoms with E-state index in [1.54, 1.807) is 6.20 Å². The van der Waals surface area contributed by atoms with E-state index < -0.39 is 0 Å². The SMILES string of the molecule is NCc1ccc(COc2ccc(Br)cc2Br)nc1. The molecule has 1 heterocycles. The number of hydrogen-bond acceptors (Lipinski definition) is 3. The van der Waals surface area contributed by atoms with Gasteiger partial charge in [-0.2, -0.15) is 0 Å². The molecule has 0 bridgehead atoms. The van der Waals surface area contributed by atoms with Crippen LogP contribution in [0.5, 0.6) is 5.75 Å². The summed E-state index contributed by atoms with van der Waals surface area (Å²) in [7, 11) is 0. The molecule has 18 heavy (non-hydrogen) atoms. The van der Waals surface area contributed by atoms with E-state index in [4.69, 9.17) is 10.5 Å². The fraction of sp³-hybridized carbons (Fsp3) is 0.154. The zero-order chi connectivity index (χ0) is 13.0. The fourth-order valence-corrected chi connectivity index (χ4v) is 2.57. The highest BCUT2D eigenvalue weighted by molar-refractivity contribution is 9.11. The summed E-state index contributed by atoms with van der Waals surface area (Å²) >= 11 is 6.85. The number of hydrogen-bond donors (Lipinski definition) is 1. The minimum Gasteiger partial charge on any atom is -0.486 e. The molecule has 0 amide bonds. The summed E-state index contributed by atoms with van der Waals surface area (Å²) in [6, 6.07) is 9.67. The molecule has 3 nitrogen and oxygen atoms in total. The van der Waals surface area contributed by atoms with E-state index in [1.807, 2.05) is 30.3 Å². The Labute approximate surface area is 123 Å². The van der Waals surface area contributed by atoms with Gasteiger partial charge in [0.05, 0.1) is 10.2 Å². The van der Waals surface area contributed by atoms with Gasteiger partial charge in [-0.05, 0) is 45.8 Å². The molecule has 0 radical (unpaired) electrons. The van der Waals surface area contributed by atoms with Crippen LogP contribution in [0.4, 0.5) is 0 Å². The average Bonchev–Trinajstić information content (AvgIpc) is 2.38. The molecule has 0 saturated carbocycles. The van der Waals surface area contributed by atoms with Gasteiger partial charge in [0.15, 0.2) is 0 Å². The number of ether oxygens (including phenoxy) is 1. The molecular formula is C13H12Br2N2O. The van der Waals surface area contributed by atoms with Gasteiger partial charge in [0.25, 0.3) is 0 Å². The Hall–Kier alpha value is -0.910. The van der Waals surface area contributed by atoms with Crippen LogP contribution in [-0.4, -0.2) is 4.98 Å². The first-order valence-corrected chi connectivity index (χ1v) is 6.99. The molecule has 1 aromatic heterocycles. The second-order valence-corrected chi connectivity index (χ2v) is 5.50. The van der Waals surface area contributed by atoms with Crippen LogP contribution in [-0.2, 0) is 13.2 Å². The quantitative estimate of drug-likeness (QED) is 0.892. The van der Waals surface area contributed by atoms with Crippen LogP contribution in [0.25, 0.3) is 0 Å². The topological polar surface area (TPSA) is 48.1 Å². The van der Waals surface area contributed by atoms with Crippen LogP contribution < -0.4 is 10.5 Å². The third kappa shape index (κ3) is 3.54. The second kappa shape index (κ2) is 6.31. The van der Waals surface area contributed by atoms with Crippen LogP contribution in [0.15, 0.2) is 45.5 Å². The minimum atomic E-state index is 0.436. The lowest BCUT2D eigenvalue weighted by Crippen LogP contribution is -2.01. The largest absolute Gasteiger partial charge is 0.486 e. The summed E-state index contributed by atoms with van der Waals surface area (Å²) in [6.45, 7) is 0.942. The molecule has 1 aromatic carbocycles. The molecule has 0 fully saturated rings. The van der Waals surface area contributed by atoms with E-state index in [0.29, 0.717) is 13.2 Å². The van der Waals surface area contributed by atoms with Crippen LogP contribution in [0, 0.1) is 0 Å². The Morgan fingerprint density at radius 1 is 1.17 bits per heavy atom. The Kier molecular flexibility index (Phi) is 4.74. The number of rotatable bonds is 4. The Morgan fingerprint density at radius 3 is 2.61 bits per heavy atom. The number of pyridine rings is 1. The standard InChI is InChI=1S/C13H12Br2N2O/c14-10-2-4-13(12(15)5-10)18-8-11-3-1-9(6-16)7-17-11/h1-5,7H,6,8,16H2. The molecule has 0 saturated heterocycles. The number of aromatic nitrogens is 1. The highest BCUT2D eigenvalue weighted by Gasteiger charge is 2.03. The number of nitrogens with zero attached hydrogens (tertiary/aromatic N) is 1. The number of benzene rings is 1. The highest BCUT2D eigenvalue weighted by atomic mass is 79.9. The van der Waals surface area contributed by atoms with Gasteiger partial charge in [0.2, 0.25) is 0 Å². The zero-order valence-electron chi connectivity index (χ0n) is 9.57. The summed E-state index contributed by atoms with van der Waals surface area (Å²) in [5, 5.41) is 0. The maximum Gasteiger partial charge on any atom is 0.134 e. The maximum absolute atomic E-state index is 5.69. The third-order valence-electron chi connectivity index (χ3n) is 2.39. The molecule has 2 aromatic rings. The van der Waals surface area contributed by atoms with Gasteiger partial charge in [-0.25, -0.2) is 0 Å². The molecule has 5 heteroatoms. The van der Waals surface area contributed by atoms with E-state index in [1.165, 1.54) is 0 Å². The van der Waals surface area contributed by atoms with Crippen molar-refractivity contribution < 1.29 is 4.74 Å². The first kappa shape index (κ1) is 13.5. The number of nitrogens with two attached hydrogens (primary N) is 1.